The molecule has 0 radical (unpaired) electrons. The number of aromatic nitrogens is 1. The molecule has 1 aliphatic carbocycles. The van der Waals surface area contributed by atoms with E-state index >= 15 is 0 Å². The van der Waals surface area contributed by atoms with E-state index in [4.69, 9.17) is 0 Å². The predicted molar refractivity (Wildman–Crippen MR) is 78.9 cm³/mol. The molecular formula is C15H17N3O2. The van der Waals surface area contributed by atoms with Crippen molar-refractivity contribution in [3.8, 4) is 0 Å². The second kappa shape index (κ2) is 4.74. The molecule has 104 valence electrons. The van der Waals surface area contributed by atoms with Crippen molar-refractivity contribution in [1.82, 2.24) is 4.98 Å². The van der Waals surface area contributed by atoms with Crippen LogP contribution in [0.2, 0.25) is 0 Å². The van der Waals surface area contributed by atoms with Crippen molar-refractivity contribution in [2.45, 2.75) is 38.1 Å². The Balaban J connectivity index is 1.91. The molecule has 0 aliphatic heterocycles. The van der Waals surface area contributed by atoms with Crippen LogP contribution in [0, 0.1) is 10.1 Å². The number of nitro benzene ring substituents is 1. The molecule has 1 heterocycles. The Labute approximate surface area is 117 Å². The average molecular weight is 271 g/mol. The Hall–Kier alpha value is -2.17. The van der Waals surface area contributed by atoms with Crippen LogP contribution in [0.1, 0.15) is 32.6 Å². The molecule has 2 aromatic rings. The Morgan fingerprint density at radius 1 is 1.35 bits per heavy atom. The summed E-state index contributed by atoms with van der Waals surface area (Å²) in [5.74, 6) is 0.855. The van der Waals surface area contributed by atoms with Crippen LogP contribution in [-0.4, -0.2) is 15.4 Å². The van der Waals surface area contributed by atoms with Gasteiger partial charge in [-0.2, -0.15) is 0 Å². The normalized spacial score (nSPS) is 16.6. The number of non-ortho nitro benzene ring substituents is 1. The van der Waals surface area contributed by atoms with E-state index in [1.807, 2.05) is 12.1 Å². The highest BCUT2D eigenvalue weighted by Gasteiger charge is 2.35. The lowest BCUT2D eigenvalue weighted by Gasteiger charge is -2.42. The van der Waals surface area contributed by atoms with Crippen molar-refractivity contribution in [3.63, 3.8) is 0 Å². The molecule has 1 fully saturated rings. The Bertz CT molecular complexity index is 660. The first-order valence-electron chi connectivity index (χ1n) is 6.95. The molecule has 1 aliphatic rings. The van der Waals surface area contributed by atoms with Gasteiger partial charge >= 0.3 is 0 Å². The number of anilines is 1. The van der Waals surface area contributed by atoms with E-state index < -0.39 is 0 Å². The molecule has 0 spiro atoms. The van der Waals surface area contributed by atoms with Crippen LogP contribution in [0.5, 0.6) is 0 Å². The van der Waals surface area contributed by atoms with E-state index in [0.29, 0.717) is 0 Å². The fourth-order valence-electron chi connectivity index (χ4n) is 2.74. The number of hydrogen-bond donors (Lipinski definition) is 1. The minimum atomic E-state index is -0.383. The van der Waals surface area contributed by atoms with Crippen molar-refractivity contribution in [1.29, 1.82) is 0 Å². The highest BCUT2D eigenvalue weighted by atomic mass is 16.6. The van der Waals surface area contributed by atoms with Gasteiger partial charge < -0.3 is 5.32 Å². The molecule has 1 aromatic heterocycles. The number of rotatable bonds is 4. The molecule has 1 aromatic carbocycles. The molecule has 3 rings (SSSR count). The lowest BCUT2D eigenvalue weighted by molar-refractivity contribution is -0.384. The van der Waals surface area contributed by atoms with Crippen LogP contribution < -0.4 is 5.32 Å². The summed E-state index contributed by atoms with van der Waals surface area (Å²) in [5, 5.41) is 15.1. The first kappa shape index (κ1) is 12.8. The van der Waals surface area contributed by atoms with Crippen molar-refractivity contribution in [2.75, 3.05) is 5.32 Å². The molecule has 0 amide bonds. The molecule has 1 N–H and O–H groups in total. The second-order valence-corrected chi connectivity index (χ2v) is 5.44. The van der Waals surface area contributed by atoms with Gasteiger partial charge in [-0.15, -0.1) is 0 Å². The number of nitro groups is 1. The Kier molecular flexibility index (Phi) is 3.04. The van der Waals surface area contributed by atoms with Crippen LogP contribution in [0.4, 0.5) is 11.5 Å². The first-order chi connectivity index (χ1) is 9.62. The van der Waals surface area contributed by atoms with Crippen LogP contribution in [0.3, 0.4) is 0 Å². The summed E-state index contributed by atoms with van der Waals surface area (Å²) in [6.45, 7) is 2.19. The van der Waals surface area contributed by atoms with Gasteiger partial charge in [0.1, 0.15) is 5.82 Å². The zero-order valence-electron chi connectivity index (χ0n) is 11.4. The van der Waals surface area contributed by atoms with E-state index in [0.717, 1.165) is 23.1 Å². The largest absolute Gasteiger partial charge is 0.365 e. The number of nitrogens with zero attached hydrogens (tertiary/aromatic N) is 2. The highest BCUT2D eigenvalue weighted by molar-refractivity contribution is 5.82. The molecular weight excluding hydrogens is 254 g/mol. The number of nitrogens with one attached hydrogen (secondary N) is 1. The number of hydrogen-bond acceptors (Lipinski definition) is 4. The minimum absolute atomic E-state index is 0.101. The van der Waals surface area contributed by atoms with Crippen LogP contribution in [0.15, 0.2) is 30.3 Å². The Morgan fingerprint density at radius 3 is 2.75 bits per heavy atom. The van der Waals surface area contributed by atoms with Gasteiger partial charge in [-0.25, -0.2) is 4.98 Å². The Morgan fingerprint density at radius 2 is 2.15 bits per heavy atom. The summed E-state index contributed by atoms with van der Waals surface area (Å²) in [6, 6.07) is 8.56. The third-order valence-electron chi connectivity index (χ3n) is 4.26. The maximum absolute atomic E-state index is 10.8. The molecule has 0 bridgehead atoms. The summed E-state index contributed by atoms with van der Waals surface area (Å²) in [6.07, 6.45) is 4.72. The number of pyridine rings is 1. The van der Waals surface area contributed by atoms with Crippen molar-refractivity contribution in [3.05, 3.63) is 40.4 Å². The van der Waals surface area contributed by atoms with Crippen molar-refractivity contribution >= 4 is 22.4 Å². The topological polar surface area (TPSA) is 68.1 Å². The molecule has 0 unspecified atom stereocenters. The van der Waals surface area contributed by atoms with Gasteiger partial charge in [0.2, 0.25) is 0 Å². The number of benzene rings is 1. The highest BCUT2D eigenvalue weighted by Crippen LogP contribution is 2.37. The summed E-state index contributed by atoms with van der Waals surface area (Å²) in [4.78, 5) is 14.9. The zero-order valence-corrected chi connectivity index (χ0v) is 11.4. The van der Waals surface area contributed by atoms with Crippen LogP contribution >= 0.6 is 0 Å². The van der Waals surface area contributed by atoms with Crippen LogP contribution in [-0.2, 0) is 0 Å². The monoisotopic (exact) mass is 271 g/mol. The predicted octanol–water partition coefficient (Wildman–Crippen LogP) is 3.89. The zero-order chi connectivity index (χ0) is 14.2. The summed E-state index contributed by atoms with van der Waals surface area (Å²) < 4.78 is 0. The standard InChI is InChI=1S/C15H17N3O2/c1-2-15(8-3-9-15)17-14-7-4-11-10-12(18(19)20)5-6-13(11)16-14/h4-7,10H,2-3,8-9H2,1H3,(H,16,17). The van der Waals surface area contributed by atoms with Gasteiger partial charge in [0.25, 0.3) is 5.69 Å². The van der Waals surface area contributed by atoms with Gasteiger partial charge in [0.05, 0.1) is 10.4 Å². The van der Waals surface area contributed by atoms with Crippen LogP contribution in [0.25, 0.3) is 10.9 Å². The smallest absolute Gasteiger partial charge is 0.270 e. The summed E-state index contributed by atoms with van der Waals surface area (Å²) in [7, 11) is 0. The fourth-order valence-corrected chi connectivity index (χ4v) is 2.74. The summed E-state index contributed by atoms with van der Waals surface area (Å²) >= 11 is 0. The SMILES string of the molecule is CCC1(Nc2ccc3cc([N+](=O)[O-])ccc3n2)CCC1. The fraction of sp³-hybridized carbons (Fsp3) is 0.400. The van der Waals surface area contributed by atoms with Gasteiger partial charge in [-0.05, 0) is 43.9 Å². The molecule has 0 saturated heterocycles. The molecule has 5 heteroatoms. The quantitative estimate of drug-likeness (QED) is 0.676. The molecule has 0 atom stereocenters. The van der Waals surface area contributed by atoms with Gasteiger partial charge in [-0.1, -0.05) is 6.92 Å². The van der Waals surface area contributed by atoms with Gasteiger partial charge in [0.15, 0.2) is 0 Å². The number of fused-ring (bicyclic) bond motifs is 1. The van der Waals surface area contributed by atoms with Gasteiger partial charge in [-0.3, -0.25) is 10.1 Å². The third kappa shape index (κ3) is 2.19. The third-order valence-corrected chi connectivity index (χ3v) is 4.26. The maximum atomic E-state index is 10.8. The lowest BCUT2D eigenvalue weighted by Crippen LogP contribution is -2.44. The van der Waals surface area contributed by atoms with E-state index in [2.05, 4.69) is 17.2 Å². The van der Waals surface area contributed by atoms with Crippen molar-refractivity contribution < 1.29 is 4.92 Å². The van der Waals surface area contributed by atoms with Gasteiger partial charge in [0, 0.05) is 23.1 Å². The summed E-state index contributed by atoms with van der Waals surface area (Å²) in [5.41, 5.74) is 1.08. The molecule has 20 heavy (non-hydrogen) atoms. The molecule has 5 nitrogen and oxygen atoms in total. The average Bonchev–Trinajstić information content (AvgIpc) is 2.42. The second-order valence-electron chi connectivity index (χ2n) is 5.44. The van der Waals surface area contributed by atoms with E-state index in [1.165, 1.54) is 25.3 Å². The minimum Gasteiger partial charge on any atom is -0.365 e. The van der Waals surface area contributed by atoms with E-state index in [9.17, 15) is 10.1 Å². The first-order valence-corrected chi connectivity index (χ1v) is 6.95. The molecule has 1 saturated carbocycles. The van der Waals surface area contributed by atoms with E-state index in [1.54, 1.807) is 12.1 Å². The maximum Gasteiger partial charge on any atom is 0.270 e. The lowest BCUT2D eigenvalue weighted by atomic mass is 9.75. The van der Waals surface area contributed by atoms with Crippen molar-refractivity contribution in [2.24, 2.45) is 0 Å². The van der Waals surface area contributed by atoms with E-state index in [-0.39, 0.29) is 16.1 Å².